The van der Waals surface area contributed by atoms with Crippen molar-refractivity contribution in [3.8, 4) is 0 Å². The quantitative estimate of drug-likeness (QED) is 0.497. The second-order valence-corrected chi connectivity index (χ2v) is 7.12. The van der Waals surface area contributed by atoms with Gasteiger partial charge in [-0.1, -0.05) is 46.3 Å². The number of hydrogen-bond donors (Lipinski definition) is 3. The van der Waals surface area contributed by atoms with Crippen LogP contribution in [0.25, 0.3) is 11.0 Å². The number of carboxylic acids is 1. The monoisotopic (exact) mass is 445 g/mol. The summed E-state index contributed by atoms with van der Waals surface area (Å²) in [6.45, 7) is -0.539. The Morgan fingerprint density at radius 3 is 2.39 bits per heavy atom. The number of rotatable bonds is 6. The van der Waals surface area contributed by atoms with E-state index in [9.17, 15) is 24.3 Å². The van der Waals surface area contributed by atoms with Crippen LogP contribution in [0.5, 0.6) is 0 Å². The van der Waals surface area contributed by atoms with Crippen molar-refractivity contribution in [2.75, 3.05) is 6.54 Å². The molecule has 1 amide bonds. The largest absolute Gasteiger partial charge is 0.480 e. The molecular formula is C19H16BrN3O5. The molecule has 0 saturated heterocycles. The van der Waals surface area contributed by atoms with Crippen LogP contribution in [0.3, 0.4) is 0 Å². The maximum Gasteiger partial charge on any atom is 0.323 e. The summed E-state index contributed by atoms with van der Waals surface area (Å²) in [4.78, 5) is 53.5. The number of fused-ring (bicyclic) bond motifs is 1. The van der Waals surface area contributed by atoms with Gasteiger partial charge in [0.1, 0.15) is 6.54 Å². The Hall–Kier alpha value is -3.20. The number of nitrogens with one attached hydrogen (secondary N) is 2. The minimum atomic E-state index is -1.15. The van der Waals surface area contributed by atoms with E-state index in [1.807, 2.05) is 6.07 Å². The molecule has 28 heavy (non-hydrogen) atoms. The van der Waals surface area contributed by atoms with Crippen LogP contribution in [0.15, 0.2) is 56.5 Å². The van der Waals surface area contributed by atoms with Crippen molar-refractivity contribution in [3.63, 3.8) is 0 Å². The number of nitrogens with zero attached hydrogens (tertiary/aromatic N) is 1. The lowest BCUT2D eigenvalue weighted by molar-refractivity contribution is -0.144. The van der Waals surface area contributed by atoms with E-state index in [4.69, 9.17) is 0 Å². The minimum absolute atomic E-state index is 0.0457. The topological polar surface area (TPSA) is 123 Å². The lowest BCUT2D eigenvalue weighted by Gasteiger charge is -2.22. The number of hydrogen-bond acceptors (Lipinski definition) is 4. The smallest absolute Gasteiger partial charge is 0.323 e. The first kappa shape index (κ1) is 19.6. The Morgan fingerprint density at radius 1 is 1.04 bits per heavy atom. The van der Waals surface area contributed by atoms with Crippen molar-refractivity contribution in [2.45, 2.75) is 13.0 Å². The number of amides is 1. The van der Waals surface area contributed by atoms with Crippen LogP contribution in [0.4, 0.5) is 0 Å². The first-order valence-corrected chi connectivity index (χ1v) is 9.11. The molecule has 8 nitrogen and oxygen atoms in total. The van der Waals surface area contributed by atoms with Crippen molar-refractivity contribution < 1.29 is 14.7 Å². The number of aromatic nitrogens is 2. The summed E-state index contributed by atoms with van der Waals surface area (Å²) >= 11 is 3.32. The van der Waals surface area contributed by atoms with Gasteiger partial charge < -0.3 is 20.0 Å². The molecule has 2 aromatic carbocycles. The number of halogens is 1. The molecule has 0 aliphatic heterocycles. The molecule has 3 aromatic rings. The van der Waals surface area contributed by atoms with Crippen LogP contribution in [0.1, 0.15) is 11.1 Å². The van der Waals surface area contributed by atoms with E-state index >= 15 is 0 Å². The van der Waals surface area contributed by atoms with Gasteiger partial charge in [0.05, 0.1) is 17.5 Å². The maximum absolute atomic E-state index is 12.7. The molecule has 144 valence electrons. The molecule has 0 radical (unpaired) electrons. The first-order chi connectivity index (χ1) is 13.3. The van der Waals surface area contributed by atoms with Crippen LogP contribution < -0.4 is 11.1 Å². The van der Waals surface area contributed by atoms with E-state index in [2.05, 4.69) is 25.9 Å². The van der Waals surface area contributed by atoms with Crippen LogP contribution in [0.2, 0.25) is 0 Å². The fourth-order valence-electron chi connectivity index (χ4n) is 2.87. The summed E-state index contributed by atoms with van der Waals surface area (Å²) in [6, 6.07) is 12.3. The molecular weight excluding hydrogens is 430 g/mol. The zero-order valence-corrected chi connectivity index (χ0v) is 16.2. The third-order valence-corrected chi connectivity index (χ3v) is 4.57. The van der Waals surface area contributed by atoms with Crippen LogP contribution in [-0.4, -0.2) is 38.4 Å². The van der Waals surface area contributed by atoms with Crippen molar-refractivity contribution in [1.29, 1.82) is 0 Å². The van der Waals surface area contributed by atoms with Gasteiger partial charge >= 0.3 is 17.1 Å². The van der Waals surface area contributed by atoms with Crippen LogP contribution in [-0.2, 0) is 22.6 Å². The van der Waals surface area contributed by atoms with Crippen LogP contribution >= 0.6 is 15.9 Å². The second-order valence-electron chi connectivity index (χ2n) is 6.20. The van der Waals surface area contributed by atoms with Gasteiger partial charge in [0.15, 0.2) is 0 Å². The summed E-state index contributed by atoms with van der Waals surface area (Å²) in [5, 5.41) is 9.22. The standard InChI is InChI=1S/C19H16BrN3O5/c20-13-7-12(17-14(8-13)21-18(27)19(28)22-17)9-23(10-16(25)26)15(24)6-11-4-2-1-3-5-11/h1-5,7-8H,6,9-10H2,(H,21,27)(H,22,28)(H,25,26). The summed E-state index contributed by atoms with van der Waals surface area (Å²) in [5.41, 5.74) is 0.367. The third-order valence-electron chi connectivity index (χ3n) is 4.12. The molecule has 1 heterocycles. The van der Waals surface area contributed by atoms with E-state index in [-0.39, 0.29) is 18.9 Å². The van der Waals surface area contributed by atoms with Crippen molar-refractivity contribution in [2.24, 2.45) is 0 Å². The van der Waals surface area contributed by atoms with E-state index in [0.717, 1.165) is 5.56 Å². The summed E-state index contributed by atoms with van der Waals surface area (Å²) in [6.07, 6.45) is 0.0490. The highest BCUT2D eigenvalue weighted by molar-refractivity contribution is 9.10. The number of carbonyl (C=O) groups excluding carboxylic acids is 1. The van der Waals surface area contributed by atoms with Crippen molar-refractivity contribution >= 4 is 38.8 Å². The van der Waals surface area contributed by atoms with Crippen molar-refractivity contribution in [1.82, 2.24) is 14.9 Å². The zero-order chi connectivity index (χ0) is 20.3. The van der Waals surface area contributed by atoms with E-state index in [1.165, 1.54) is 4.90 Å². The van der Waals surface area contributed by atoms with E-state index < -0.39 is 23.6 Å². The number of aromatic amines is 2. The molecule has 0 fully saturated rings. The lowest BCUT2D eigenvalue weighted by atomic mass is 10.1. The Labute approximate surface area is 167 Å². The summed E-state index contributed by atoms with van der Waals surface area (Å²) < 4.78 is 0.614. The van der Waals surface area contributed by atoms with Gasteiger partial charge in [-0.05, 0) is 23.3 Å². The predicted octanol–water partition coefficient (Wildman–Crippen LogP) is 1.63. The number of carboxylic acid groups (broad SMARTS) is 1. The van der Waals surface area contributed by atoms with Gasteiger partial charge in [-0.15, -0.1) is 0 Å². The second kappa shape index (κ2) is 8.22. The van der Waals surface area contributed by atoms with E-state index in [1.54, 1.807) is 36.4 Å². The Kier molecular flexibility index (Phi) is 5.74. The summed E-state index contributed by atoms with van der Waals surface area (Å²) in [7, 11) is 0. The first-order valence-electron chi connectivity index (χ1n) is 8.31. The molecule has 0 unspecified atom stereocenters. The van der Waals surface area contributed by atoms with Gasteiger partial charge in [0.2, 0.25) is 5.91 Å². The molecule has 9 heteroatoms. The Balaban J connectivity index is 1.98. The molecule has 0 spiro atoms. The highest BCUT2D eigenvalue weighted by Crippen LogP contribution is 2.22. The SMILES string of the molecule is O=C(O)CN(Cc1cc(Br)cc2[nH]c(=O)c(=O)[nH]c12)C(=O)Cc1ccccc1. The number of benzene rings is 2. The van der Waals surface area contributed by atoms with E-state index in [0.29, 0.717) is 21.1 Å². The fraction of sp³-hybridized carbons (Fsp3) is 0.158. The van der Waals surface area contributed by atoms with Gasteiger partial charge in [-0.3, -0.25) is 19.2 Å². The van der Waals surface area contributed by atoms with Crippen LogP contribution in [0, 0.1) is 0 Å². The van der Waals surface area contributed by atoms with Gasteiger partial charge in [0, 0.05) is 11.0 Å². The van der Waals surface area contributed by atoms with Gasteiger partial charge in [-0.2, -0.15) is 0 Å². The molecule has 0 bridgehead atoms. The highest BCUT2D eigenvalue weighted by atomic mass is 79.9. The number of H-pyrrole nitrogens is 2. The molecule has 0 atom stereocenters. The fourth-order valence-corrected chi connectivity index (χ4v) is 3.37. The number of aliphatic carboxylic acids is 1. The van der Waals surface area contributed by atoms with Gasteiger partial charge in [-0.25, -0.2) is 0 Å². The molecule has 0 aliphatic rings. The minimum Gasteiger partial charge on any atom is -0.480 e. The third kappa shape index (κ3) is 4.55. The van der Waals surface area contributed by atoms with Gasteiger partial charge in [0.25, 0.3) is 0 Å². The molecule has 0 aliphatic carbocycles. The highest BCUT2D eigenvalue weighted by Gasteiger charge is 2.19. The molecule has 3 N–H and O–H groups in total. The lowest BCUT2D eigenvalue weighted by Crippen LogP contribution is -2.36. The average Bonchev–Trinajstić information content (AvgIpc) is 2.63. The maximum atomic E-state index is 12.7. The predicted molar refractivity (Wildman–Crippen MR) is 106 cm³/mol. The number of carbonyl (C=O) groups is 2. The Morgan fingerprint density at radius 2 is 1.71 bits per heavy atom. The van der Waals surface area contributed by atoms with Crippen molar-refractivity contribution in [3.05, 3.63) is 78.8 Å². The molecule has 1 aromatic heterocycles. The zero-order valence-electron chi connectivity index (χ0n) is 14.6. The normalized spacial score (nSPS) is 10.8. The Bertz CT molecular complexity index is 1150. The molecule has 0 saturated carbocycles. The summed E-state index contributed by atoms with van der Waals surface area (Å²) in [5.74, 6) is -1.52. The average molecular weight is 446 g/mol. The molecule has 3 rings (SSSR count).